The second-order valence-corrected chi connectivity index (χ2v) is 4.82. The minimum Gasteiger partial charge on any atom is -0.491 e. The smallest absolute Gasteiger partial charge is 0.224 e. The van der Waals surface area contributed by atoms with Crippen molar-refractivity contribution in [2.75, 3.05) is 30.4 Å². The zero-order valence-electron chi connectivity index (χ0n) is 11.8. The number of fused-ring (bicyclic) bond motifs is 1. The number of benzene rings is 1. The minimum atomic E-state index is 0.651. The lowest BCUT2D eigenvalue weighted by atomic mass is 10.2. The number of aromatic nitrogens is 2. The molecule has 0 amide bonds. The van der Waals surface area contributed by atoms with Crippen LogP contribution < -0.4 is 15.0 Å². The van der Waals surface area contributed by atoms with Crippen molar-refractivity contribution >= 4 is 11.8 Å². The Morgan fingerprint density at radius 2 is 2.10 bits per heavy atom. The molecule has 5 heteroatoms. The Bertz CT molecular complexity index is 615. The molecular formula is C15H18N4O. The number of hydrogen-bond acceptors (Lipinski definition) is 5. The normalized spacial score (nSPS) is 14.2. The molecule has 1 aromatic carbocycles. The Labute approximate surface area is 118 Å². The highest BCUT2D eigenvalue weighted by molar-refractivity contribution is 5.47. The molecule has 104 valence electrons. The molecule has 3 rings (SSSR count). The van der Waals surface area contributed by atoms with E-state index in [4.69, 9.17) is 4.74 Å². The monoisotopic (exact) mass is 270 g/mol. The van der Waals surface area contributed by atoms with Gasteiger partial charge in [0.15, 0.2) is 0 Å². The van der Waals surface area contributed by atoms with Gasteiger partial charge in [-0.3, -0.25) is 0 Å². The van der Waals surface area contributed by atoms with E-state index in [2.05, 4.69) is 26.3 Å². The van der Waals surface area contributed by atoms with Crippen LogP contribution in [0.3, 0.4) is 0 Å². The summed E-state index contributed by atoms with van der Waals surface area (Å²) in [6.07, 6.45) is 0. The molecule has 1 aromatic heterocycles. The van der Waals surface area contributed by atoms with Gasteiger partial charge in [0.1, 0.15) is 18.2 Å². The van der Waals surface area contributed by atoms with Crippen LogP contribution >= 0.6 is 0 Å². The number of ether oxygens (including phenoxy) is 1. The van der Waals surface area contributed by atoms with E-state index >= 15 is 0 Å². The third-order valence-corrected chi connectivity index (χ3v) is 3.34. The fourth-order valence-corrected chi connectivity index (χ4v) is 2.35. The number of rotatable bonds is 2. The molecule has 0 saturated carbocycles. The minimum absolute atomic E-state index is 0.651. The Morgan fingerprint density at radius 1 is 1.25 bits per heavy atom. The lowest BCUT2D eigenvalue weighted by molar-refractivity contribution is 0.331. The summed E-state index contributed by atoms with van der Waals surface area (Å²) in [4.78, 5) is 11.1. The molecule has 2 heterocycles. The van der Waals surface area contributed by atoms with Crippen LogP contribution in [0, 0.1) is 6.92 Å². The van der Waals surface area contributed by atoms with E-state index in [1.165, 1.54) is 5.56 Å². The van der Waals surface area contributed by atoms with Gasteiger partial charge < -0.3 is 15.0 Å². The van der Waals surface area contributed by atoms with Crippen molar-refractivity contribution in [3.63, 3.8) is 0 Å². The summed E-state index contributed by atoms with van der Waals surface area (Å²) in [5, 5.41) is 3.00. The third kappa shape index (κ3) is 2.52. The summed E-state index contributed by atoms with van der Waals surface area (Å²) in [7, 11) is 1.83. The van der Waals surface area contributed by atoms with Gasteiger partial charge in [0, 0.05) is 30.9 Å². The maximum Gasteiger partial charge on any atom is 0.224 e. The van der Waals surface area contributed by atoms with Crippen LogP contribution in [-0.4, -0.2) is 30.2 Å². The number of aryl methyl sites for hydroxylation is 1. The van der Waals surface area contributed by atoms with E-state index in [9.17, 15) is 0 Å². The van der Waals surface area contributed by atoms with Gasteiger partial charge in [-0.2, -0.15) is 4.98 Å². The van der Waals surface area contributed by atoms with E-state index in [1.807, 2.05) is 38.2 Å². The molecular weight excluding hydrogens is 252 g/mol. The van der Waals surface area contributed by atoms with Gasteiger partial charge in [0.2, 0.25) is 5.95 Å². The average molecular weight is 270 g/mol. The van der Waals surface area contributed by atoms with E-state index in [-0.39, 0.29) is 0 Å². The molecule has 20 heavy (non-hydrogen) atoms. The lowest BCUT2D eigenvalue weighted by Crippen LogP contribution is -2.26. The number of nitrogens with one attached hydrogen (secondary N) is 1. The molecule has 1 N–H and O–H groups in total. The highest BCUT2D eigenvalue weighted by atomic mass is 16.5. The molecule has 0 atom stereocenters. The van der Waals surface area contributed by atoms with Gasteiger partial charge in [0.05, 0.1) is 6.54 Å². The van der Waals surface area contributed by atoms with Crippen LogP contribution in [-0.2, 0) is 6.54 Å². The third-order valence-electron chi connectivity index (χ3n) is 3.34. The summed E-state index contributed by atoms with van der Waals surface area (Å²) in [5.74, 6) is 2.55. The molecule has 0 aliphatic carbocycles. The highest BCUT2D eigenvalue weighted by Crippen LogP contribution is 2.25. The Kier molecular flexibility index (Phi) is 3.41. The predicted molar refractivity (Wildman–Crippen MR) is 79.3 cm³/mol. The second kappa shape index (κ2) is 5.36. The molecule has 2 aromatic rings. The van der Waals surface area contributed by atoms with Crippen molar-refractivity contribution < 1.29 is 4.74 Å². The first kappa shape index (κ1) is 12.7. The van der Waals surface area contributed by atoms with Gasteiger partial charge >= 0.3 is 0 Å². The Morgan fingerprint density at radius 3 is 2.95 bits per heavy atom. The van der Waals surface area contributed by atoms with Gasteiger partial charge in [-0.1, -0.05) is 18.2 Å². The maximum atomic E-state index is 5.79. The van der Waals surface area contributed by atoms with E-state index in [0.717, 1.165) is 30.4 Å². The van der Waals surface area contributed by atoms with Crippen molar-refractivity contribution in [1.29, 1.82) is 0 Å². The molecule has 0 fully saturated rings. The van der Waals surface area contributed by atoms with Crippen molar-refractivity contribution in [3.05, 3.63) is 41.6 Å². The number of nitrogens with zero attached hydrogens (tertiary/aromatic N) is 3. The first-order valence-corrected chi connectivity index (χ1v) is 6.75. The number of anilines is 2. The molecule has 1 aliphatic heterocycles. The van der Waals surface area contributed by atoms with Crippen molar-refractivity contribution in [3.8, 4) is 5.75 Å². The molecule has 5 nitrogen and oxygen atoms in total. The highest BCUT2D eigenvalue weighted by Gasteiger charge is 2.17. The summed E-state index contributed by atoms with van der Waals surface area (Å²) in [6.45, 7) is 4.26. The summed E-state index contributed by atoms with van der Waals surface area (Å²) < 4.78 is 5.79. The quantitative estimate of drug-likeness (QED) is 0.907. The van der Waals surface area contributed by atoms with E-state index in [0.29, 0.717) is 12.6 Å². The number of hydrogen-bond donors (Lipinski definition) is 1. The molecule has 1 aliphatic rings. The van der Waals surface area contributed by atoms with Gasteiger partial charge in [-0.15, -0.1) is 0 Å². The Balaban J connectivity index is 1.93. The number of para-hydroxylation sites is 1. The van der Waals surface area contributed by atoms with Crippen molar-refractivity contribution in [2.45, 2.75) is 13.5 Å². The fourth-order valence-electron chi connectivity index (χ4n) is 2.35. The van der Waals surface area contributed by atoms with Gasteiger partial charge in [-0.25, -0.2) is 4.98 Å². The van der Waals surface area contributed by atoms with Gasteiger partial charge in [-0.05, 0) is 13.0 Å². The van der Waals surface area contributed by atoms with Crippen LogP contribution in [0.15, 0.2) is 30.3 Å². The van der Waals surface area contributed by atoms with Crippen LogP contribution in [0.4, 0.5) is 11.8 Å². The molecule has 0 bridgehead atoms. The zero-order valence-corrected chi connectivity index (χ0v) is 11.8. The zero-order chi connectivity index (χ0) is 13.9. The first-order valence-electron chi connectivity index (χ1n) is 6.75. The fraction of sp³-hybridized carbons (Fsp3) is 0.333. The van der Waals surface area contributed by atoms with E-state index < -0.39 is 0 Å². The summed E-state index contributed by atoms with van der Waals surface area (Å²) >= 11 is 0. The van der Waals surface area contributed by atoms with E-state index in [1.54, 1.807) is 0 Å². The second-order valence-electron chi connectivity index (χ2n) is 4.82. The topological polar surface area (TPSA) is 50.3 Å². The maximum absolute atomic E-state index is 5.79. The average Bonchev–Trinajstić information content (AvgIpc) is 2.68. The van der Waals surface area contributed by atoms with Gasteiger partial charge in [0.25, 0.3) is 0 Å². The van der Waals surface area contributed by atoms with Crippen LogP contribution in [0.25, 0.3) is 0 Å². The molecule has 0 unspecified atom stereocenters. The molecule has 0 spiro atoms. The predicted octanol–water partition coefficient (Wildman–Crippen LogP) is 2.23. The largest absolute Gasteiger partial charge is 0.491 e. The molecule has 0 radical (unpaired) electrons. The van der Waals surface area contributed by atoms with Crippen LogP contribution in [0.2, 0.25) is 0 Å². The lowest BCUT2D eigenvalue weighted by Gasteiger charge is -2.21. The van der Waals surface area contributed by atoms with Crippen molar-refractivity contribution in [1.82, 2.24) is 9.97 Å². The first-order chi connectivity index (χ1) is 9.76. The Hall–Kier alpha value is -2.30. The van der Waals surface area contributed by atoms with Crippen LogP contribution in [0.5, 0.6) is 5.75 Å². The molecule has 0 saturated heterocycles. The summed E-state index contributed by atoms with van der Waals surface area (Å²) in [5.41, 5.74) is 2.14. The van der Waals surface area contributed by atoms with Crippen LogP contribution in [0.1, 0.15) is 11.3 Å². The SMILES string of the molecule is CNc1nc(C)cc(N2CCOc3ccccc3C2)n1. The standard InChI is InChI=1S/C15H18N4O/c1-11-9-14(18-15(16-2)17-11)19-7-8-20-13-6-4-3-5-12(13)10-19/h3-6,9H,7-8,10H2,1-2H3,(H,16,17,18). The summed E-state index contributed by atoms with van der Waals surface area (Å²) in [6, 6.07) is 10.2. The van der Waals surface area contributed by atoms with Crippen molar-refractivity contribution in [2.24, 2.45) is 0 Å².